The molecule has 1 aromatic carbocycles. The van der Waals surface area contributed by atoms with Crippen LogP contribution >= 0.6 is 10.7 Å². The van der Waals surface area contributed by atoms with Crippen LogP contribution in [0.15, 0.2) is 29.2 Å². The van der Waals surface area contributed by atoms with Gasteiger partial charge in [-0.15, -0.1) is 0 Å². The molecule has 102 valence electrons. The Hall–Kier alpha value is -0.780. The van der Waals surface area contributed by atoms with Gasteiger partial charge in [0.1, 0.15) is 12.4 Å². The quantitative estimate of drug-likeness (QED) is 0.573. The molecule has 0 heterocycles. The fraction of sp³-hybridized carbons (Fsp3) is 0.500. The number of hydrogen-bond acceptors (Lipinski definition) is 4. The van der Waals surface area contributed by atoms with Crippen molar-refractivity contribution in [1.82, 2.24) is 0 Å². The average molecular weight is 293 g/mol. The second-order valence-electron chi connectivity index (χ2n) is 4.23. The van der Waals surface area contributed by atoms with E-state index in [0.717, 1.165) is 0 Å². The molecule has 4 nitrogen and oxygen atoms in total. The standard InChI is InChI=1S/C12H17ClO4S/c1-10(2)9-16-7-8-17-11-3-5-12(6-4-11)18(13,14)15/h3-6,10H,7-9H2,1-2H3. The van der Waals surface area contributed by atoms with Crippen LogP contribution in [-0.2, 0) is 13.8 Å². The van der Waals surface area contributed by atoms with Crippen LogP contribution in [-0.4, -0.2) is 28.2 Å². The smallest absolute Gasteiger partial charge is 0.261 e. The Morgan fingerprint density at radius 1 is 1.17 bits per heavy atom. The highest BCUT2D eigenvalue weighted by atomic mass is 35.7. The molecule has 0 saturated carbocycles. The van der Waals surface area contributed by atoms with Gasteiger partial charge in [-0.1, -0.05) is 13.8 Å². The molecular weight excluding hydrogens is 276 g/mol. The first-order valence-corrected chi connectivity index (χ1v) is 7.96. The van der Waals surface area contributed by atoms with Crippen molar-refractivity contribution in [3.05, 3.63) is 24.3 Å². The molecule has 0 spiro atoms. The van der Waals surface area contributed by atoms with E-state index < -0.39 is 9.05 Å². The molecule has 0 aromatic heterocycles. The summed E-state index contributed by atoms with van der Waals surface area (Å²) in [5, 5.41) is 0. The minimum absolute atomic E-state index is 0.0626. The highest BCUT2D eigenvalue weighted by molar-refractivity contribution is 8.13. The predicted molar refractivity (Wildman–Crippen MR) is 70.6 cm³/mol. The topological polar surface area (TPSA) is 52.6 Å². The first kappa shape index (κ1) is 15.3. The van der Waals surface area contributed by atoms with Crippen molar-refractivity contribution in [1.29, 1.82) is 0 Å². The minimum Gasteiger partial charge on any atom is -0.491 e. The molecule has 0 amide bonds. The van der Waals surface area contributed by atoms with Gasteiger partial charge in [0.2, 0.25) is 0 Å². The third kappa shape index (κ3) is 5.71. The second-order valence-corrected chi connectivity index (χ2v) is 6.79. The molecule has 0 aliphatic heterocycles. The van der Waals surface area contributed by atoms with Crippen molar-refractivity contribution in [3.8, 4) is 5.75 Å². The van der Waals surface area contributed by atoms with Crippen molar-refractivity contribution < 1.29 is 17.9 Å². The van der Waals surface area contributed by atoms with Gasteiger partial charge in [-0.25, -0.2) is 8.42 Å². The molecule has 1 aromatic rings. The highest BCUT2D eigenvalue weighted by Gasteiger charge is 2.08. The van der Waals surface area contributed by atoms with Crippen LogP contribution in [0.5, 0.6) is 5.75 Å². The van der Waals surface area contributed by atoms with Gasteiger partial charge in [-0.2, -0.15) is 0 Å². The number of ether oxygens (including phenoxy) is 2. The average Bonchev–Trinajstić information content (AvgIpc) is 2.27. The summed E-state index contributed by atoms with van der Waals surface area (Å²) in [5.41, 5.74) is 0. The summed E-state index contributed by atoms with van der Waals surface area (Å²) < 4.78 is 32.8. The Kier molecular flexibility index (Phi) is 5.91. The fourth-order valence-corrected chi connectivity index (χ4v) is 2.01. The van der Waals surface area contributed by atoms with Crippen LogP contribution in [0.1, 0.15) is 13.8 Å². The Balaban J connectivity index is 2.36. The van der Waals surface area contributed by atoms with Crippen LogP contribution in [0, 0.1) is 5.92 Å². The normalized spacial score (nSPS) is 11.8. The van der Waals surface area contributed by atoms with Crippen molar-refractivity contribution in [3.63, 3.8) is 0 Å². The highest BCUT2D eigenvalue weighted by Crippen LogP contribution is 2.18. The maximum Gasteiger partial charge on any atom is 0.261 e. The van der Waals surface area contributed by atoms with Gasteiger partial charge in [-0.05, 0) is 30.2 Å². The number of halogens is 1. The molecule has 6 heteroatoms. The van der Waals surface area contributed by atoms with E-state index in [1.165, 1.54) is 12.1 Å². The molecule has 0 N–H and O–H groups in total. The van der Waals surface area contributed by atoms with Crippen LogP contribution in [0.2, 0.25) is 0 Å². The number of rotatable bonds is 7. The van der Waals surface area contributed by atoms with Crippen molar-refractivity contribution >= 4 is 19.7 Å². The summed E-state index contributed by atoms with van der Waals surface area (Å²) in [6.07, 6.45) is 0. The van der Waals surface area contributed by atoms with Gasteiger partial charge >= 0.3 is 0 Å². The Morgan fingerprint density at radius 2 is 1.78 bits per heavy atom. The number of hydrogen-bond donors (Lipinski definition) is 0. The third-order valence-electron chi connectivity index (χ3n) is 2.05. The Labute approximate surface area is 112 Å². The minimum atomic E-state index is -3.67. The molecule has 0 unspecified atom stereocenters. The van der Waals surface area contributed by atoms with Crippen molar-refractivity contribution in [2.75, 3.05) is 19.8 Å². The van der Waals surface area contributed by atoms with Crippen LogP contribution in [0.25, 0.3) is 0 Å². The lowest BCUT2D eigenvalue weighted by Crippen LogP contribution is -2.10. The fourth-order valence-electron chi connectivity index (χ4n) is 1.24. The SMILES string of the molecule is CC(C)COCCOc1ccc(S(=O)(=O)Cl)cc1. The summed E-state index contributed by atoms with van der Waals surface area (Å²) in [6, 6.07) is 5.95. The lowest BCUT2D eigenvalue weighted by molar-refractivity contribution is 0.0819. The summed E-state index contributed by atoms with van der Waals surface area (Å²) in [4.78, 5) is 0.0626. The van der Waals surface area contributed by atoms with Crippen LogP contribution in [0.3, 0.4) is 0 Å². The second kappa shape index (κ2) is 6.97. The van der Waals surface area contributed by atoms with Crippen molar-refractivity contribution in [2.45, 2.75) is 18.7 Å². The van der Waals surface area contributed by atoms with E-state index in [-0.39, 0.29) is 4.90 Å². The van der Waals surface area contributed by atoms with E-state index in [0.29, 0.717) is 31.5 Å². The van der Waals surface area contributed by atoms with Gasteiger partial charge in [0, 0.05) is 17.3 Å². The summed E-state index contributed by atoms with van der Waals surface area (Å²) in [7, 11) is 1.53. The molecule has 0 aliphatic carbocycles. The molecule has 0 fully saturated rings. The Bertz CT molecular complexity index is 453. The molecular formula is C12H17ClO4S. The molecule has 0 radical (unpaired) electrons. The molecule has 0 aliphatic rings. The van der Waals surface area contributed by atoms with Crippen molar-refractivity contribution in [2.24, 2.45) is 5.92 Å². The van der Waals surface area contributed by atoms with E-state index >= 15 is 0 Å². The number of benzene rings is 1. The first-order chi connectivity index (χ1) is 8.39. The Morgan fingerprint density at radius 3 is 2.28 bits per heavy atom. The van der Waals surface area contributed by atoms with Gasteiger partial charge in [-0.3, -0.25) is 0 Å². The largest absolute Gasteiger partial charge is 0.491 e. The maximum absolute atomic E-state index is 11.0. The zero-order valence-electron chi connectivity index (χ0n) is 10.4. The molecule has 0 bridgehead atoms. The predicted octanol–water partition coefficient (Wildman–Crippen LogP) is 2.67. The summed E-state index contributed by atoms with van der Waals surface area (Å²) in [6.45, 7) is 5.79. The van der Waals surface area contributed by atoms with Gasteiger partial charge in [0.15, 0.2) is 0 Å². The monoisotopic (exact) mass is 292 g/mol. The third-order valence-corrected chi connectivity index (χ3v) is 3.42. The zero-order chi connectivity index (χ0) is 13.6. The van der Waals surface area contributed by atoms with Gasteiger partial charge in [0.05, 0.1) is 11.5 Å². The lowest BCUT2D eigenvalue weighted by Gasteiger charge is -2.08. The summed E-state index contributed by atoms with van der Waals surface area (Å²) >= 11 is 0. The van der Waals surface area contributed by atoms with E-state index in [1.807, 2.05) is 0 Å². The zero-order valence-corrected chi connectivity index (χ0v) is 12.0. The first-order valence-electron chi connectivity index (χ1n) is 5.65. The van der Waals surface area contributed by atoms with E-state index in [4.69, 9.17) is 20.2 Å². The molecule has 0 saturated heterocycles. The molecule has 0 atom stereocenters. The van der Waals surface area contributed by atoms with Crippen LogP contribution in [0.4, 0.5) is 0 Å². The van der Waals surface area contributed by atoms with E-state index in [1.54, 1.807) is 12.1 Å². The van der Waals surface area contributed by atoms with Gasteiger partial charge < -0.3 is 9.47 Å². The molecule has 18 heavy (non-hydrogen) atoms. The summed E-state index contributed by atoms with van der Waals surface area (Å²) in [5.74, 6) is 1.09. The van der Waals surface area contributed by atoms with E-state index in [9.17, 15) is 8.42 Å². The van der Waals surface area contributed by atoms with Crippen LogP contribution < -0.4 is 4.74 Å². The van der Waals surface area contributed by atoms with Gasteiger partial charge in [0.25, 0.3) is 9.05 Å². The van der Waals surface area contributed by atoms with E-state index in [2.05, 4.69) is 13.8 Å². The molecule has 1 rings (SSSR count). The lowest BCUT2D eigenvalue weighted by atomic mass is 10.2. The maximum atomic E-state index is 11.0.